The fraction of sp³-hybridized carbons (Fsp3) is 0.412. The Morgan fingerprint density at radius 2 is 1.89 bits per heavy atom. The van der Waals surface area contributed by atoms with Crippen LogP contribution in [0.15, 0.2) is 54.3 Å². The van der Waals surface area contributed by atoms with Crippen molar-refractivity contribution in [2.45, 2.75) is 46.3 Å². The minimum absolute atomic E-state index is 0.0438. The number of hydrogen-bond acceptors (Lipinski definition) is 7. The van der Waals surface area contributed by atoms with Crippen molar-refractivity contribution in [3.8, 4) is 17.0 Å². The Morgan fingerprint density at radius 1 is 1.11 bits per heavy atom. The topological polar surface area (TPSA) is 101 Å². The molecule has 2 fully saturated rings. The van der Waals surface area contributed by atoms with Crippen LogP contribution in [-0.2, 0) is 25.0 Å². The Morgan fingerprint density at radius 3 is 2.57 bits per heavy atom. The van der Waals surface area contributed by atoms with Gasteiger partial charge in [0.2, 0.25) is 0 Å². The standard InChI is InChI=1S/C34H39N5O4S/c1-21-8-11-30(43-18-26-10-9-23(13-22(26)2)32(40)37(3)17-27-14-35-20-38(27)4)28(12-21)29-19-44-34(36-29)39-15-24-6-5-7-25(16-39)31(24)33(41)42/h8-14,19-20,24-25,31H,5-7,15-18H2,1-4H3,(H,41,42)/t24-,25+,31+. The smallest absolute Gasteiger partial charge is 0.307 e. The lowest BCUT2D eigenvalue weighted by Gasteiger charge is -2.45. The molecule has 9 nitrogen and oxygen atoms in total. The lowest BCUT2D eigenvalue weighted by Crippen LogP contribution is -2.51. The van der Waals surface area contributed by atoms with E-state index in [0.29, 0.717) is 18.7 Å². The van der Waals surface area contributed by atoms with Crippen LogP contribution in [0.25, 0.3) is 11.3 Å². The average Bonchev–Trinajstić information content (AvgIpc) is 3.65. The van der Waals surface area contributed by atoms with Gasteiger partial charge in [0.25, 0.3) is 5.91 Å². The van der Waals surface area contributed by atoms with E-state index < -0.39 is 5.97 Å². The second kappa shape index (κ2) is 12.4. The number of piperidine rings is 1. The van der Waals surface area contributed by atoms with Gasteiger partial charge < -0.3 is 24.2 Å². The molecule has 44 heavy (non-hydrogen) atoms. The summed E-state index contributed by atoms with van der Waals surface area (Å²) in [5.41, 5.74) is 6.53. The van der Waals surface area contributed by atoms with Crippen molar-refractivity contribution in [2.75, 3.05) is 25.0 Å². The van der Waals surface area contributed by atoms with Crippen LogP contribution in [-0.4, -0.2) is 56.6 Å². The number of aliphatic carboxylic acids is 1. The molecule has 2 aromatic carbocycles. The van der Waals surface area contributed by atoms with Crippen molar-refractivity contribution in [1.82, 2.24) is 19.4 Å². The molecule has 1 amide bonds. The van der Waals surface area contributed by atoms with Crippen LogP contribution in [0.5, 0.6) is 5.75 Å². The summed E-state index contributed by atoms with van der Waals surface area (Å²) in [5, 5.41) is 12.8. The number of carbonyl (C=O) groups is 2. The molecule has 1 aliphatic heterocycles. The number of imidazole rings is 1. The van der Waals surface area contributed by atoms with Crippen molar-refractivity contribution in [3.05, 3.63) is 82.3 Å². The molecule has 1 N–H and O–H groups in total. The Balaban J connectivity index is 1.15. The third-order valence-corrected chi connectivity index (χ3v) is 10.1. The number of aryl methyl sites for hydroxylation is 3. The van der Waals surface area contributed by atoms with Crippen molar-refractivity contribution >= 4 is 28.3 Å². The normalized spacial score (nSPS) is 19.5. The molecule has 3 atom stereocenters. The number of carbonyl (C=O) groups excluding carboxylic acids is 1. The Hall–Kier alpha value is -4.18. The maximum atomic E-state index is 13.1. The number of amides is 1. The van der Waals surface area contributed by atoms with Gasteiger partial charge in [-0.2, -0.15) is 0 Å². The first-order valence-electron chi connectivity index (χ1n) is 15.1. The minimum Gasteiger partial charge on any atom is -0.488 e. The third-order valence-electron chi connectivity index (χ3n) is 9.17. The predicted molar refractivity (Wildman–Crippen MR) is 171 cm³/mol. The lowest BCUT2D eigenvalue weighted by atomic mass is 9.69. The summed E-state index contributed by atoms with van der Waals surface area (Å²) in [7, 11) is 3.72. The second-order valence-corrected chi connectivity index (χ2v) is 13.2. The summed E-state index contributed by atoms with van der Waals surface area (Å²) < 4.78 is 8.29. The highest BCUT2D eigenvalue weighted by Gasteiger charge is 2.44. The van der Waals surface area contributed by atoms with Gasteiger partial charge in [0.05, 0.1) is 30.2 Å². The SMILES string of the molecule is Cc1ccc(OCc2ccc(C(=O)N(C)Cc3cncn3C)cc2C)c(-c2csc(N3C[C@H]4CCC[C@@H](C3)[C@H]4C(=O)O)n2)c1. The monoisotopic (exact) mass is 613 g/mol. The number of ether oxygens (including phenoxy) is 1. The van der Waals surface area contributed by atoms with Crippen molar-refractivity contribution in [1.29, 1.82) is 0 Å². The van der Waals surface area contributed by atoms with Gasteiger partial charge in [-0.3, -0.25) is 9.59 Å². The van der Waals surface area contributed by atoms with E-state index in [2.05, 4.69) is 28.3 Å². The van der Waals surface area contributed by atoms with E-state index in [9.17, 15) is 14.7 Å². The van der Waals surface area contributed by atoms with Crippen LogP contribution >= 0.6 is 11.3 Å². The van der Waals surface area contributed by atoms with Crippen LogP contribution in [0.2, 0.25) is 0 Å². The second-order valence-electron chi connectivity index (χ2n) is 12.3. The van der Waals surface area contributed by atoms with Crippen molar-refractivity contribution in [3.63, 3.8) is 0 Å². The Bertz CT molecular complexity index is 1670. The van der Waals surface area contributed by atoms with Crippen LogP contribution < -0.4 is 9.64 Å². The van der Waals surface area contributed by atoms with Gasteiger partial charge in [-0.25, -0.2) is 9.97 Å². The molecule has 0 unspecified atom stereocenters. The van der Waals surface area contributed by atoms with Crippen LogP contribution in [0.3, 0.4) is 0 Å². The number of aromatic nitrogens is 3. The first-order valence-corrected chi connectivity index (χ1v) is 16.0. The maximum absolute atomic E-state index is 13.1. The molecule has 0 spiro atoms. The van der Waals surface area contributed by atoms with E-state index >= 15 is 0 Å². The molecule has 10 heteroatoms. The van der Waals surface area contributed by atoms with E-state index in [1.807, 2.05) is 48.9 Å². The summed E-state index contributed by atoms with van der Waals surface area (Å²) in [5.74, 6) is 0.180. The molecule has 4 aromatic rings. The molecule has 2 aliphatic rings. The Labute approximate surface area is 262 Å². The zero-order chi connectivity index (χ0) is 31.0. The predicted octanol–water partition coefficient (Wildman–Crippen LogP) is 5.95. The zero-order valence-electron chi connectivity index (χ0n) is 25.7. The molecule has 0 radical (unpaired) electrons. The van der Waals surface area contributed by atoms with Gasteiger partial charge >= 0.3 is 5.97 Å². The van der Waals surface area contributed by atoms with Crippen LogP contribution in [0, 0.1) is 31.6 Å². The van der Waals surface area contributed by atoms with Gasteiger partial charge in [-0.05, 0) is 73.9 Å². The van der Waals surface area contributed by atoms with E-state index in [0.717, 1.165) is 76.9 Å². The number of carboxylic acid groups (broad SMARTS) is 1. The van der Waals surface area contributed by atoms with E-state index in [1.165, 1.54) is 0 Å². The fourth-order valence-corrected chi connectivity index (χ4v) is 7.56. The summed E-state index contributed by atoms with van der Waals surface area (Å²) in [6, 6.07) is 11.9. The van der Waals surface area contributed by atoms with Crippen molar-refractivity contribution < 1.29 is 19.4 Å². The summed E-state index contributed by atoms with van der Waals surface area (Å²) in [4.78, 5) is 38.2. The number of benzene rings is 2. The van der Waals surface area contributed by atoms with Gasteiger partial charge in [-0.1, -0.05) is 24.1 Å². The molecular formula is C34H39N5O4S. The number of fused-ring (bicyclic) bond motifs is 2. The first kappa shape index (κ1) is 29.9. The molecule has 1 saturated carbocycles. The Kier molecular flexibility index (Phi) is 8.44. The highest BCUT2D eigenvalue weighted by atomic mass is 32.1. The summed E-state index contributed by atoms with van der Waals surface area (Å²) >= 11 is 1.61. The quantitative estimate of drug-likeness (QED) is 0.249. The van der Waals surface area contributed by atoms with Gasteiger partial charge in [0.15, 0.2) is 5.13 Å². The van der Waals surface area contributed by atoms with Gasteiger partial charge in [0, 0.05) is 49.9 Å². The molecule has 3 heterocycles. The average molecular weight is 614 g/mol. The number of thiazole rings is 1. The van der Waals surface area contributed by atoms with Gasteiger partial charge in [0.1, 0.15) is 12.4 Å². The van der Waals surface area contributed by atoms with Crippen LogP contribution in [0.1, 0.15) is 52.0 Å². The third kappa shape index (κ3) is 6.08. The molecule has 230 valence electrons. The fourth-order valence-electron chi connectivity index (χ4n) is 6.72. The lowest BCUT2D eigenvalue weighted by molar-refractivity contribution is -0.148. The number of nitrogens with zero attached hydrogens (tertiary/aromatic N) is 5. The molecular weight excluding hydrogens is 574 g/mol. The number of rotatable bonds is 9. The van der Waals surface area contributed by atoms with E-state index in [4.69, 9.17) is 9.72 Å². The van der Waals surface area contributed by atoms with Gasteiger partial charge in [-0.15, -0.1) is 11.3 Å². The number of hydrogen-bond donors (Lipinski definition) is 1. The number of carboxylic acids is 1. The first-order chi connectivity index (χ1) is 21.2. The summed E-state index contributed by atoms with van der Waals surface area (Å²) in [6.07, 6.45) is 6.55. The van der Waals surface area contributed by atoms with Crippen LogP contribution in [0.4, 0.5) is 5.13 Å². The van der Waals surface area contributed by atoms with E-state index in [1.54, 1.807) is 35.8 Å². The van der Waals surface area contributed by atoms with Crippen molar-refractivity contribution in [2.24, 2.45) is 24.8 Å². The summed E-state index contributed by atoms with van der Waals surface area (Å²) in [6.45, 7) is 6.40. The largest absolute Gasteiger partial charge is 0.488 e. The molecule has 1 saturated heterocycles. The highest BCUT2D eigenvalue weighted by molar-refractivity contribution is 7.14. The number of anilines is 1. The molecule has 1 aliphatic carbocycles. The zero-order valence-corrected chi connectivity index (χ0v) is 26.5. The minimum atomic E-state index is -0.648. The molecule has 2 bridgehead atoms. The molecule has 6 rings (SSSR count). The maximum Gasteiger partial charge on any atom is 0.307 e. The molecule has 2 aromatic heterocycles. The highest BCUT2D eigenvalue weighted by Crippen LogP contribution is 2.43. The van der Waals surface area contributed by atoms with E-state index in [-0.39, 0.29) is 23.7 Å².